The SMILES string of the molecule is CC(=O)NC[C@H]1CN(c2ccc(-c3ccc(CNCCSc4ncccn4)cc3)c(F)c2)C(=O)O1. The maximum atomic E-state index is 14.9. The van der Waals surface area contributed by atoms with Gasteiger partial charge in [0.1, 0.15) is 11.9 Å². The van der Waals surface area contributed by atoms with E-state index in [2.05, 4.69) is 20.6 Å². The lowest BCUT2D eigenvalue weighted by molar-refractivity contribution is -0.119. The van der Waals surface area contributed by atoms with Crippen LogP contribution in [0.15, 0.2) is 66.1 Å². The van der Waals surface area contributed by atoms with Gasteiger partial charge < -0.3 is 15.4 Å². The molecule has 1 aliphatic rings. The summed E-state index contributed by atoms with van der Waals surface area (Å²) in [5.74, 6) is 0.235. The van der Waals surface area contributed by atoms with Crippen LogP contribution in [-0.4, -0.2) is 53.5 Å². The van der Waals surface area contributed by atoms with Gasteiger partial charge in [0.2, 0.25) is 5.91 Å². The minimum atomic E-state index is -0.556. The van der Waals surface area contributed by atoms with Crippen molar-refractivity contribution < 1.29 is 18.7 Å². The molecule has 1 atom stereocenters. The van der Waals surface area contributed by atoms with Crippen molar-refractivity contribution in [3.05, 3.63) is 72.3 Å². The standard InChI is InChI=1S/C25H26FN5O3S/c1-17(32)30-15-21-16-31(25(33)34-21)20-7-8-22(23(26)13-20)19-5-3-18(4-6-19)14-27-11-12-35-24-28-9-2-10-29-24/h2-10,13,21,27H,11-12,14-16H2,1H3,(H,30,32)/t21-/m0/s1. The molecule has 8 nitrogen and oxygen atoms in total. The van der Waals surface area contributed by atoms with Crippen LogP contribution in [0.1, 0.15) is 12.5 Å². The fraction of sp³-hybridized carbons (Fsp3) is 0.280. The maximum absolute atomic E-state index is 14.9. The van der Waals surface area contributed by atoms with Gasteiger partial charge in [-0.15, -0.1) is 0 Å². The van der Waals surface area contributed by atoms with Gasteiger partial charge in [-0.25, -0.2) is 19.2 Å². The Hall–Kier alpha value is -3.50. The van der Waals surface area contributed by atoms with E-state index < -0.39 is 18.0 Å². The number of aromatic nitrogens is 2. The molecule has 182 valence electrons. The van der Waals surface area contributed by atoms with Crippen LogP contribution >= 0.6 is 11.8 Å². The van der Waals surface area contributed by atoms with E-state index in [0.29, 0.717) is 17.8 Å². The summed E-state index contributed by atoms with van der Waals surface area (Å²) in [7, 11) is 0. The second-order valence-corrected chi connectivity index (χ2v) is 9.03. The van der Waals surface area contributed by atoms with Gasteiger partial charge in [0, 0.05) is 43.7 Å². The third kappa shape index (κ3) is 6.77. The van der Waals surface area contributed by atoms with Gasteiger partial charge in [-0.1, -0.05) is 36.0 Å². The van der Waals surface area contributed by atoms with Gasteiger partial charge in [0.15, 0.2) is 5.16 Å². The van der Waals surface area contributed by atoms with E-state index in [1.807, 2.05) is 24.3 Å². The van der Waals surface area contributed by atoms with Crippen molar-refractivity contribution in [2.75, 3.05) is 30.3 Å². The molecule has 0 radical (unpaired) electrons. The fourth-order valence-electron chi connectivity index (χ4n) is 3.61. The van der Waals surface area contributed by atoms with Gasteiger partial charge in [0.05, 0.1) is 18.8 Å². The molecular weight excluding hydrogens is 469 g/mol. The van der Waals surface area contributed by atoms with E-state index in [4.69, 9.17) is 4.74 Å². The number of halogens is 1. The minimum Gasteiger partial charge on any atom is -0.442 e. The smallest absolute Gasteiger partial charge is 0.414 e. The lowest BCUT2D eigenvalue weighted by Gasteiger charge is -2.15. The predicted molar refractivity (Wildman–Crippen MR) is 133 cm³/mol. The molecular formula is C25H26FN5O3S. The first kappa shape index (κ1) is 24.6. The first-order valence-electron chi connectivity index (χ1n) is 11.2. The Balaban J connectivity index is 1.30. The second-order valence-electron chi connectivity index (χ2n) is 7.97. The molecule has 1 saturated heterocycles. The molecule has 10 heteroatoms. The number of ether oxygens (including phenoxy) is 1. The molecule has 2 N–H and O–H groups in total. The summed E-state index contributed by atoms with van der Waals surface area (Å²) >= 11 is 1.60. The first-order chi connectivity index (χ1) is 17.0. The molecule has 0 saturated carbocycles. The number of nitrogens with zero attached hydrogens (tertiary/aromatic N) is 3. The average Bonchev–Trinajstić information content (AvgIpc) is 3.24. The van der Waals surface area contributed by atoms with Gasteiger partial charge in [-0.3, -0.25) is 9.69 Å². The van der Waals surface area contributed by atoms with E-state index >= 15 is 0 Å². The highest BCUT2D eigenvalue weighted by molar-refractivity contribution is 7.99. The number of carbonyl (C=O) groups excluding carboxylic acids is 2. The Morgan fingerprint density at radius 3 is 2.69 bits per heavy atom. The highest BCUT2D eigenvalue weighted by Gasteiger charge is 2.32. The third-order valence-corrected chi connectivity index (χ3v) is 6.24. The monoisotopic (exact) mass is 495 g/mol. The van der Waals surface area contributed by atoms with Gasteiger partial charge >= 0.3 is 6.09 Å². The Kier molecular flexibility index (Phi) is 8.27. The maximum Gasteiger partial charge on any atom is 0.414 e. The Labute approximate surface area is 207 Å². The van der Waals surface area contributed by atoms with Crippen LogP contribution in [0.4, 0.5) is 14.9 Å². The van der Waals surface area contributed by atoms with Gasteiger partial charge in [0.25, 0.3) is 0 Å². The molecule has 3 aromatic rings. The van der Waals surface area contributed by atoms with Gasteiger partial charge in [-0.2, -0.15) is 0 Å². The summed E-state index contributed by atoms with van der Waals surface area (Å²) in [4.78, 5) is 33.0. The quantitative estimate of drug-likeness (QED) is 0.252. The van der Waals surface area contributed by atoms with Crippen molar-refractivity contribution in [2.45, 2.75) is 24.7 Å². The Morgan fingerprint density at radius 1 is 1.20 bits per heavy atom. The van der Waals surface area contributed by atoms with Gasteiger partial charge in [-0.05, 0) is 35.4 Å². The molecule has 0 aliphatic carbocycles. The normalized spacial score (nSPS) is 15.2. The second kappa shape index (κ2) is 11.8. The topological polar surface area (TPSA) is 96.5 Å². The average molecular weight is 496 g/mol. The van der Waals surface area contributed by atoms with Crippen molar-refractivity contribution in [1.29, 1.82) is 0 Å². The third-order valence-electron chi connectivity index (χ3n) is 5.36. The van der Waals surface area contributed by atoms with Crippen LogP contribution in [0, 0.1) is 5.82 Å². The lowest BCUT2D eigenvalue weighted by atomic mass is 10.0. The predicted octanol–water partition coefficient (Wildman–Crippen LogP) is 3.63. The molecule has 2 aromatic carbocycles. The van der Waals surface area contributed by atoms with Crippen LogP contribution < -0.4 is 15.5 Å². The van der Waals surface area contributed by atoms with Crippen molar-refractivity contribution in [3.8, 4) is 11.1 Å². The molecule has 1 fully saturated rings. The zero-order chi connectivity index (χ0) is 24.6. The Morgan fingerprint density at radius 2 is 1.97 bits per heavy atom. The van der Waals surface area contributed by atoms with E-state index in [9.17, 15) is 14.0 Å². The zero-order valence-electron chi connectivity index (χ0n) is 19.2. The highest BCUT2D eigenvalue weighted by Crippen LogP contribution is 2.29. The summed E-state index contributed by atoms with van der Waals surface area (Å²) < 4.78 is 20.2. The molecule has 0 unspecified atom stereocenters. The number of hydrogen-bond donors (Lipinski definition) is 2. The molecule has 2 amide bonds. The summed E-state index contributed by atoms with van der Waals surface area (Å²) in [6.07, 6.45) is 2.43. The molecule has 2 heterocycles. The van der Waals surface area contributed by atoms with Crippen LogP contribution in [0.2, 0.25) is 0 Å². The number of benzene rings is 2. The largest absolute Gasteiger partial charge is 0.442 e. The van der Waals surface area contributed by atoms with Crippen LogP contribution in [0.25, 0.3) is 11.1 Å². The molecule has 0 spiro atoms. The molecule has 0 bridgehead atoms. The number of nitrogens with one attached hydrogen (secondary N) is 2. The number of thioether (sulfide) groups is 1. The first-order valence-corrected chi connectivity index (χ1v) is 12.2. The molecule has 1 aliphatic heterocycles. The summed E-state index contributed by atoms with van der Waals surface area (Å²) in [6.45, 7) is 3.38. The Bertz CT molecular complexity index is 1160. The highest BCUT2D eigenvalue weighted by atomic mass is 32.2. The van der Waals surface area contributed by atoms with E-state index in [-0.39, 0.29) is 19.0 Å². The number of anilines is 1. The number of hydrogen-bond acceptors (Lipinski definition) is 7. The van der Waals surface area contributed by atoms with Crippen LogP contribution in [-0.2, 0) is 16.1 Å². The molecule has 4 rings (SSSR count). The number of cyclic esters (lactones) is 1. The summed E-state index contributed by atoms with van der Waals surface area (Å²) in [6, 6.07) is 14.2. The molecule has 35 heavy (non-hydrogen) atoms. The van der Waals surface area contributed by atoms with Crippen LogP contribution in [0.5, 0.6) is 0 Å². The van der Waals surface area contributed by atoms with Crippen molar-refractivity contribution in [1.82, 2.24) is 20.6 Å². The summed E-state index contributed by atoms with van der Waals surface area (Å²) in [5.41, 5.74) is 2.72. The number of rotatable bonds is 10. The minimum absolute atomic E-state index is 0.200. The van der Waals surface area contributed by atoms with E-state index in [1.54, 1.807) is 42.4 Å². The number of amides is 2. The molecule has 1 aromatic heterocycles. The zero-order valence-corrected chi connectivity index (χ0v) is 20.1. The van der Waals surface area contributed by atoms with Crippen molar-refractivity contribution in [3.63, 3.8) is 0 Å². The fourth-order valence-corrected chi connectivity index (χ4v) is 4.31. The van der Waals surface area contributed by atoms with E-state index in [1.165, 1.54) is 17.9 Å². The van der Waals surface area contributed by atoms with Crippen molar-refractivity contribution >= 4 is 29.4 Å². The van der Waals surface area contributed by atoms with Crippen molar-refractivity contribution in [2.24, 2.45) is 0 Å². The lowest BCUT2D eigenvalue weighted by Crippen LogP contribution is -2.33. The number of carbonyl (C=O) groups is 2. The van der Waals surface area contributed by atoms with Crippen LogP contribution in [0.3, 0.4) is 0 Å². The van der Waals surface area contributed by atoms with E-state index in [0.717, 1.165) is 28.6 Å². The summed E-state index contributed by atoms with van der Waals surface area (Å²) in [5, 5.41) is 6.77.